The molecule has 25 heavy (non-hydrogen) atoms. The van der Waals surface area contributed by atoms with E-state index in [1.165, 1.54) is 42.5 Å². The first-order chi connectivity index (χ1) is 12.2. The molecule has 0 radical (unpaired) electrons. The van der Waals surface area contributed by atoms with E-state index in [0.717, 1.165) is 29.5 Å². The third-order valence-corrected chi connectivity index (χ3v) is 6.71. The van der Waals surface area contributed by atoms with E-state index in [1.54, 1.807) is 17.7 Å². The van der Waals surface area contributed by atoms with E-state index in [-0.39, 0.29) is 18.6 Å². The molecule has 0 saturated heterocycles. The molecule has 0 aliphatic heterocycles. The van der Waals surface area contributed by atoms with Gasteiger partial charge in [-0.05, 0) is 50.0 Å². The smallest absolute Gasteiger partial charge is 0.258 e. The molecule has 1 N–H and O–H groups in total. The first-order valence-electron chi connectivity index (χ1n) is 9.40. The van der Waals surface area contributed by atoms with E-state index < -0.39 is 0 Å². The Morgan fingerprint density at radius 2 is 2.08 bits per heavy atom. The SMILES string of the molecule is C[C@H]1CCCC[C@H]1NC(=O)COc1ncnc2sc3c(c12)CCCC3. The van der Waals surface area contributed by atoms with Crippen LogP contribution in [0.1, 0.15) is 55.9 Å². The molecule has 2 aromatic heterocycles. The maximum atomic E-state index is 12.3. The van der Waals surface area contributed by atoms with Gasteiger partial charge in [0.05, 0.1) is 5.39 Å². The van der Waals surface area contributed by atoms with Crippen molar-refractivity contribution in [2.45, 2.75) is 64.3 Å². The van der Waals surface area contributed by atoms with Crippen molar-refractivity contribution in [3.63, 3.8) is 0 Å². The van der Waals surface area contributed by atoms with Crippen molar-refractivity contribution in [2.24, 2.45) is 5.92 Å². The molecule has 0 bridgehead atoms. The van der Waals surface area contributed by atoms with Crippen LogP contribution in [0, 0.1) is 5.92 Å². The van der Waals surface area contributed by atoms with E-state index in [4.69, 9.17) is 4.74 Å². The van der Waals surface area contributed by atoms with Crippen molar-refractivity contribution in [3.8, 4) is 5.88 Å². The number of aromatic nitrogens is 2. The van der Waals surface area contributed by atoms with Crippen LogP contribution >= 0.6 is 11.3 Å². The Morgan fingerprint density at radius 1 is 1.24 bits per heavy atom. The molecule has 4 rings (SSSR count). The number of fused-ring (bicyclic) bond motifs is 3. The van der Waals surface area contributed by atoms with Gasteiger partial charge < -0.3 is 10.1 Å². The van der Waals surface area contributed by atoms with Crippen LogP contribution in [0.15, 0.2) is 6.33 Å². The summed E-state index contributed by atoms with van der Waals surface area (Å²) in [5.41, 5.74) is 1.34. The van der Waals surface area contributed by atoms with E-state index in [1.807, 2.05) is 0 Å². The summed E-state index contributed by atoms with van der Waals surface area (Å²) in [6, 6.07) is 0.282. The highest BCUT2D eigenvalue weighted by atomic mass is 32.1. The van der Waals surface area contributed by atoms with Crippen LogP contribution in [0.3, 0.4) is 0 Å². The Hall–Kier alpha value is -1.69. The lowest BCUT2D eigenvalue weighted by Gasteiger charge is -2.29. The van der Waals surface area contributed by atoms with Crippen molar-refractivity contribution in [2.75, 3.05) is 6.61 Å². The largest absolute Gasteiger partial charge is 0.467 e. The molecule has 1 amide bonds. The maximum Gasteiger partial charge on any atom is 0.258 e. The standard InChI is InChI=1S/C19H25N3O2S/c1-12-6-2-4-8-14(12)22-16(23)10-24-18-17-13-7-3-5-9-15(13)25-19(17)21-11-20-18/h11-12,14H,2-10H2,1H3,(H,22,23)/t12-,14+/m0/s1. The fourth-order valence-corrected chi connectivity index (χ4v) is 5.30. The van der Waals surface area contributed by atoms with Crippen LogP contribution in [0.5, 0.6) is 5.88 Å². The number of nitrogens with one attached hydrogen (secondary N) is 1. The van der Waals surface area contributed by atoms with Crippen molar-refractivity contribution >= 4 is 27.5 Å². The quantitative estimate of drug-likeness (QED) is 0.905. The van der Waals surface area contributed by atoms with E-state index >= 15 is 0 Å². The topological polar surface area (TPSA) is 64.1 Å². The molecule has 0 aromatic carbocycles. The molecule has 2 heterocycles. The molecule has 2 aliphatic rings. The minimum atomic E-state index is -0.0467. The van der Waals surface area contributed by atoms with Gasteiger partial charge in [0.1, 0.15) is 11.2 Å². The summed E-state index contributed by atoms with van der Waals surface area (Å²) in [6.07, 6.45) is 10.9. The average Bonchev–Trinajstić information content (AvgIpc) is 3.01. The number of rotatable bonds is 4. The van der Waals surface area contributed by atoms with Gasteiger partial charge in [-0.25, -0.2) is 9.97 Å². The zero-order valence-electron chi connectivity index (χ0n) is 14.7. The summed E-state index contributed by atoms with van der Waals surface area (Å²) in [4.78, 5) is 23.4. The fourth-order valence-electron chi connectivity index (χ4n) is 4.08. The average molecular weight is 359 g/mol. The molecule has 2 atom stereocenters. The summed E-state index contributed by atoms with van der Waals surface area (Å²) < 4.78 is 5.83. The van der Waals surface area contributed by atoms with Gasteiger partial charge in [-0.3, -0.25) is 4.79 Å². The predicted octanol–water partition coefficient (Wildman–Crippen LogP) is 3.64. The highest BCUT2D eigenvalue weighted by molar-refractivity contribution is 7.18. The number of aryl methyl sites for hydroxylation is 2. The lowest BCUT2D eigenvalue weighted by atomic mass is 9.86. The number of hydrogen-bond acceptors (Lipinski definition) is 5. The maximum absolute atomic E-state index is 12.3. The second-order valence-electron chi connectivity index (χ2n) is 7.29. The van der Waals surface area contributed by atoms with Gasteiger partial charge in [0.25, 0.3) is 5.91 Å². The van der Waals surface area contributed by atoms with Crippen LogP contribution in [0.25, 0.3) is 10.2 Å². The Kier molecular flexibility index (Phi) is 4.88. The number of carbonyl (C=O) groups is 1. The van der Waals surface area contributed by atoms with Crippen LogP contribution in [-0.2, 0) is 17.6 Å². The Bertz CT molecular complexity index is 773. The molecule has 5 nitrogen and oxygen atoms in total. The van der Waals surface area contributed by atoms with Gasteiger partial charge in [0.15, 0.2) is 6.61 Å². The van der Waals surface area contributed by atoms with Gasteiger partial charge in [-0.15, -0.1) is 11.3 Å². The van der Waals surface area contributed by atoms with Gasteiger partial charge in [0, 0.05) is 10.9 Å². The molecular formula is C19H25N3O2S. The highest BCUT2D eigenvalue weighted by Gasteiger charge is 2.24. The lowest BCUT2D eigenvalue weighted by molar-refractivity contribution is -0.124. The number of amides is 1. The van der Waals surface area contributed by atoms with Gasteiger partial charge in [-0.1, -0.05) is 19.8 Å². The number of carbonyl (C=O) groups excluding carboxylic acids is 1. The minimum absolute atomic E-state index is 0.0277. The van der Waals surface area contributed by atoms with Crippen molar-refractivity contribution in [1.29, 1.82) is 0 Å². The molecule has 1 fully saturated rings. The van der Waals surface area contributed by atoms with Crippen molar-refractivity contribution < 1.29 is 9.53 Å². The summed E-state index contributed by atoms with van der Waals surface area (Å²) >= 11 is 1.75. The third kappa shape index (κ3) is 3.50. The minimum Gasteiger partial charge on any atom is -0.467 e. The van der Waals surface area contributed by atoms with E-state index in [0.29, 0.717) is 11.8 Å². The molecule has 1 saturated carbocycles. The van der Waals surface area contributed by atoms with Crippen molar-refractivity contribution in [3.05, 3.63) is 16.8 Å². The fraction of sp³-hybridized carbons (Fsp3) is 0.632. The number of thiophene rings is 1. The number of ether oxygens (including phenoxy) is 1. The Morgan fingerprint density at radius 3 is 2.96 bits per heavy atom. The van der Waals surface area contributed by atoms with Crippen LogP contribution < -0.4 is 10.1 Å². The van der Waals surface area contributed by atoms with Crippen LogP contribution in [0.2, 0.25) is 0 Å². The number of hydrogen-bond donors (Lipinski definition) is 1. The second kappa shape index (κ2) is 7.28. The first kappa shape index (κ1) is 16.8. The molecule has 6 heteroatoms. The summed E-state index contributed by atoms with van der Waals surface area (Å²) in [6.45, 7) is 2.25. The van der Waals surface area contributed by atoms with E-state index in [9.17, 15) is 4.79 Å². The molecule has 0 spiro atoms. The predicted molar refractivity (Wildman–Crippen MR) is 99.1 cm³/mol. The van der Waals surface area contributed by atoms with Crippen LogP contribution in [0.4, 0.5) is 0 Å². The second-order valence-corrected chi connectivity index (χ2v) is 8.38. The molecular weight excluding hydrogens is 334 g/mol. The summed E-state index contributed by atoms with van der Waals surface area (Å²) in [5.74, 6) is 1.07. The summed E-state index contributed by atoms with van der Waals surface area (Å²) in [7, 11) is 0. The molecule has 2 aromatic rings. The third-order valence-electron chi connectivity index (χ3n) is 5.51. The highest BCUT2D eigenvalue weighted by Crippen LogP contribution is 2.38. The number of nitrogens with zero attached hydrogens (tertiary/aromatic N) is 2. The monoisotopic (exact) mass is 359 g/mol. The molecule has 2 aliphatic carbocycles. The lowest BCUT2D eigenvalue weighted by Crippen LogP contribution is -2.43. The van der Waals surface area contributed by atoms with Gasteiger partial charge in [0.2, 0.25) is 5.88 Å². The zero-order valence-corrected chi connectivity index (χ0v) is 15.5. The van der Waals surface area contributed by atoms with Gasteiger partial charge >= 0.3 is 0 Å². The zero-order chi connectivity index (χ0) is 17.2. The Labute approximate surface area is 152 Å². The van der Waals surface area contributed by atoms with Crippen molar-refractivity contribution in [1.82, 2.24) is 15.3 Å². The van der Waals surface area contributed by atoms with Crippen LogP contribution in [-0.4, -0.2) is 28.5 Å². The van der Waals surface area contributed by atoms with E-state index in [2.05, 4.69) is 22.2 Å². The summed E-state index contributed by atoms with van der Waals surface area (Å²) in [5, 5.41) is 4.17. The Balaban J connectivity index is 1.46. The molecule has 134 valence electrons. The van der Waals surface area contributed by atoms with Gasteiger partial charge in [-0.2, -0.15) is 0 Å². The molecule has 0 unspecified atom stereocenters. The first-order valence-corrected chi connectivity index (χ1v) is 10.2. The normalized spacial score (nSPS) is 23.2.